The SMILES string of the molecule is Cc1cccc(N=Cc2cc(Cl)ccc2OS(=O)(=O)c2ccccc2)c1C. The first-order chi connectivity index (χ1) is 12.9. The summed E-state index contributed by atoms with van der Waals surface area (Å²) in [6.07, 6.45) is 1.56. The van der Waals surface area contributed by atoms with Crippen LogP contribution in [0.5, 0.6) is 5.75 Å². The Labute approximate surface area is 164 Å². The second-order valence-corrected chi connectivity index (χ2v) is 7.99. The predicted molar refractivity (Wildman–Crippen MR) is 109 cm³/mol. The maximum atomic E-state index is 12.5. The summed E-state index contributed by atoms with van der Waals surface area (Å²) in [5, 5.41) is 0.460. The van der Waals surface area contributed by atoms with E-state index in [1.165, 1.54) is 18.2 Å². The average molecular weight is 400 g/mol. The maximum absolute atomic E-state index is 12.5. The second kappa shape index (κ2) is 7.94. The molecule has 0 N–H and O–H groups in total. The van der Waals surface area contributed by atoms with Gasteiger partial charge in [0, 0.05) is 16.8 Å². The van der Waals surface area contributed by atoms with Crippen molar-refractivity contribution >= 4 is 33.6 Å². The summed E-state index contributed by atoms with van der Waals surface area (Å²) in [4.78, 5) is 4.56. The summed E-state index contributed by atoms with van der Waals surface area (Å²) in [5.74, 6) is 0.164. The van der Waals surface area contributed by atoms with E-state index >= 15 is 0 Å². The normalized spacial score (nSPS) is 11.7. The number of aliphatic imine (C=N–C) groups is 1. The Hall–Kier alpha value is -2.63. The smallest absolute Gasteiger partial charge is 0.339 e. The van der Waals surface area contributed by atoms with E-state index in [2.05, 4.69) is 4.99 Å². The minimum Gasteiger partial charge on any atom is -0.378 e. The molecule has 4 nitrogen and oxygen atoms in total. The number of hydrogen-bond donors (Lipinski definition) is 0. The van der Waals surface area contributed by atoms with Crippen LogP contribution in [0.3, 0.4) is 0 Å². The number of rotatable bonds is 5. The van der Waals surface area contributed by atoms with Gasteiger partial charge in [-0.25, -0.2) is 0 Å². The lowest BCUT2D eigenvalue weighted by atomic mass is 10.1. The molecule has 27 heavy (non-hydrogen) atoms. The predicted octanol–water partition coefficient (Wildman–Crippen LogP) is 5.48. The van der Waals surface area contributed by atoms with Gasteiger partial charge in [-0.2, -0.15) is 8.42 Å². The molecule has 0 saturated heterocycles. The van der Waals surface area contributed by atoms with Gasteiger partial charge in [0.1, 0.15) is 4.90 Å². The summed E-state index contributed by atoms with van der Waals surface area (Å²) in [5.41, 5.74) is 3.45. The highest BCUT2D eigenvalue weighted by Crippen LogP contribution is 2.27. The fourth-order valence-electron chi connectivity index (χ4n) is 2.46. The quantitative estimate of drug-likeness (QED) is 0.422. The number of hydrogen-bond acceptors (Lipinski definition) is 4. The van der Waals surface area contributed by atoms with Crippen LogP contribution >= 0.6 is 11.6 Å². The molecule has 0 aromatic heterocycles. The zero-order chi connectivity index (χ0) is 19.4. The van der Waals surface area contributed by atoms with Crippen LogP contribution in [0, 0.1) is 13.8 Å². The largest absolute Gasteiger partial charge is 0.378 e. The number of aryl methyl sites for hydroxylation is 1. The molecule has 0 atom stereocenters. The standard InChI is InChI=1S/C21H18ClNO3S/c1-15-7-6-10-20(16(15)2)23-14-17-13-18(22)11-12-21(17)26-27(24,25)19-8-4-3-5-9-19/h3-14H,1-2H3. The molecular weight excluding hydrogens is 382 g/mol. The Morgan fingerprint density at radius 3 is 2.44 bits per heavy atom. The first-order valence-electron chi connectivity index (χ1n) is 8.26. The summed E-state index contributed by atoms with van der Waals surface area (Å²) in [6.45, 7) is 3.99. The number of halogens is 1. The van der Waals surface area contributed by atoms with Gasteiger partial charge in [0.15, 0.2) is 5.75 Å². The Bertz CT molecular complexity index is 1090. The second-order valence-electron chi connectivity index (χ2n) is 6.01. The van der Waals surface area contributed by atoms with Crippen LogP contribution in [0.1, 0.15) is 16.7 Å². The zero-order valence-electron chi connectivity index (χ0n) is 14.9. The Morgan fingerprint density at radius 1 is 0.963 bits per heavy atom. The molecule has 3 aromatic carbocycles. The van der Waals surface area contributed by atoms with Gasteiger partial charge in [-0.15, -0.1) is 0 Å². The third-order valence-corrected chi connectivity index (χ3v) is 5.61. The Kier molecular flexibility index (Phi) is 5.63. The summed E-state index contributed by atoms with van der Waals surface area (Å²) in [7, 11) is -3.95. The van der Waals surface area contributed by atoms with Gasteiger partial charge in [-0.3, -0.25) is 4.99 Å². The highest BCUT2D eigenvalue weighted by molar-refractivity contribution is 7.87. The number of nitrogens with zero attached hydrogens (tertiary/aromatic N) is 1. The first kappa shape index (κ1) is 19.1. The van der Waals surface area contributed by atoms with Crippen LogP contribution in [0.25, 0.3) is 0 Å². The molecule has 0 saturated carbocycles. The average Bonchev–Trinajstić information content (AvgIpc) is 2.65. The van der Waals surface area contributed by atoms with Gasteiger partial charge >= 0.3 is 10.1 Å². The highest BCUT2D eigenvalue weighted by atomic mass is 35.5. The molecular formula is C21H18ClNO3S. The monoisotopic (exact) mass is 399 g/mol. The van der Waals surface area contributed by atoms with Crippen molar-refractivity contribution in [2.75, 3.05) is 0 Å². The van der Waals surface area contributed by atoms with E-state index < -0.39 is 10.1 Å². The van der Waals surface area contributed by atoms with Gasteiger partial charge in [0.05, 0.1) is 5.69 Å². The Morgan fingerprint density at radius 2 is 1.70 bits per heavy atom. The molecule has 0 fully saturated rings. The van der Waals surface area contributed by atoms with E-state index in [4.69, 9.17) is 15.8 Å². The van der Waals surface area contributed by atoms with E-state index in [0.29, 0.717) is 10.6 Å². The van der Waals surface area contributed by atoms with Crippen LogP contribution in [0.4, 0.5) is 5.69 Å². The van der Waals surface area contributed by atoms with Crippen LogP contribution in [0.15, 0.2) is 76.6 Å². The van der Waals surface area contributed by atoms with Crippen LogP contribution < -0.4 is 4.18 Å². The number of benzene rings is 3. The van der Waals surface area contributed by atoms with Gasteiger partial charge in [-0.1, -0.05) is 41.9 Å². The van der Waals surface area contributed by atoms with Crippen molar-refractivity contribution in [2.24, 2.45) is 4.99 Å². The van der Waals surface area contributed by atoms with Crippen molar-refractivity contribution in [3.05, 3.63) is 88.4 Å². The summed E-state index contributed by atoms with van der Waals surface area (Å²) < 4.78 is 30.4. The molecule has 0 aliphatic rings. The molecule has 0 aliphatic heterocycles. The van der Waals surface area contributed by atoms with E-state index in [9.17, 15) is 8.42 Å². The first-order valence-corrected chi connectivity index (χ1v) is 10.0. The Balaban J connectivity index is 1.97. The maximum Gasteiger partial charge on any atom is 0.339 e. The molecule has 0 radical (unpaired) electrons. The lowest BCUT2D eigenvalue weighted by molar-refractivity contribution is 0.485. The summed E-state index contributed by atoms with van der Waals surface area (Å²) >= 11 is 6.08. The van der Waals surface area contributed by atoms with Crippen LogP contribution in [-0.2, 0) is 10.1 Å². The highest BCUT2D eigenvalue weighted by Gasteiger charge is 2.18. The van der Waals surface area contributed by atoms with Gasteiger partial charge in [-0.05, 0) is 61.4 Å². The molecule has 3 aromatic rings. The van der Waals surface area contributed by atoms with Crippen molar-refractivity contribution in [3.63, 3.8) is 0 Å². The molecule has 0 bridgehead atoms. The minimum absolute atomic E-state index is 0.0809. The van der Waals surface area contributed by atoms with E-state index in [1.54, 1.807) is 36.5 Å². The van der Waals surface area contributed by atoms with Crippen molar-refractivity contribution in [3.8, 4) is 5.75 Å². The van der Waals surface area contributed by atoms with E-state index in [0.717, 1.165) is 16.8 Å². The molecule has 0 aliphatic carbocycles. The van der Waals surface area contributed by atoms with Crippen LogP contribution in [0.2, 0.25) is 5.02 Å². The fraction of sp³-hybridized carbons (Fsp3) is 0.0952. The topological polar surface area (TPSA) is 55.7 Å². The molecule has 6 heteroatoms. The minimum atomic E-state index is -3.95. The lowest BCUT2D eigenvalue weighted by Crippen LogP contribution is -2.10. The van der Waals surface area contributed by atoms with E-state index in [1.807, 2.05) is 32.0 Å². The van der Waals surface area contributed by atoms with Gasteiger partial charge in [0.25, 0.3) is 0 Å². The zero-order valence-corrected chi connectivity index (χ0v) is 16.5. The van der Waals surface area contributed by atoms with Crippen molar-refractivity contribution < 1.29 is 12.6 Å². The van der Waals surface area contributed by atoms with E-state index in [-0.39, 0.29) is 10.6 Å². The third kappa shape index (κ3) is 4.56. The molecule has 0 amide bonds. The van der Waals surface area contributed by atoms with Crippen molar-refractivity contribution in [1.82, 2.24) is 0 Å². The molecule has 0 spiro atoms. The molecule has 0 unspecified atom stereocenters. The fourth-order valence-corrected chi connectivity index (χ4v) is 3.62. The lowest BCUT2D eigenvalue weighted by Gasteiger charge is -2.10. The van der Waals surface area contributed by atoms with Gasteiger partial charge < -0.3 is 4.18 Å². The van der Waals surface area contributed by atoms with Gasteiger partial charge in [0.2, 0.25) is 0 Å². The molecule has 0 heterocycles. The molecule has 3 rings (SSSR count). The van der Waals surface area contributed by atoms with Crippen LogP contribution in [-0.4, -0.2) is 14.6 Å². The van der Waals surface area contributed by atoms with Crippen molar-refractivity contribution in [1.29, 1.82) is 0 Å². The molecule has 138 valence electrons. The van der Waals surface area contributed by atoms with Crippen molar-refractivity contribution in [2.45, 2.75) is 18.7 Å². The third-order valence-electron chi connectivity index (χ3n) is 4.12. The summed E-state index contributed by atoms with van der Waals surface area (Å²) in [6, 6.07) is 18.5.